The lowest BCUT2D eigenvalue weighted by molar-refractivity contribution is -0.134. The van der Waals surface area contributed by atoms with E-state index in [2.05, 4.69) is 10.3 Å². The highest BCUT2D eigenvalue weighted by molar-refractivity contribution is 5.85. The van der Waals surface area contributed by atoms with E-state index >= 15 is 0 Å². The van der Waals surface area contributed by atoms with Crippen LogP contribution in [0.5, 0.6) is 0 Å². The lowest BCUT2D eigenvalue weighted by Crippen LogP contribution is -2.45. The van der Waals surface area contributed by atoms with Crippen molar-refractivity contribution in [2.24, 2.45) is 5.41 Å². The fourth-order valence-corrected chi connectivity index (χ4v) is 3.92. The van der Waals surface area contributed by atoms with Gasteiger partial charge in [0, 0.05) is 19.6 Å². The number of fused-ring (bicyclic) bond motifs is 1. The number of carbonyl (C=O) groups is 1. The normalized spacial score (nSPS) is 19.1. The molecule has 2 aliphatic rings. The fraction of sp³-hybridized carbons (Fsp3) is 0.500. The van der Waals surface area contributed by atoms with Crippen LogP contribution in [0.15, 0.2) is 35.4 Å². The van der Waals surface area contributed by atoms with Crippen LogP contribution in [0, 0.1) is 5.41 Å². The van der Waals surface area contributed by atoms with Gasteiger partial charge < -0.3 is 10.2 Å². The van der Waals surface area contributed by atoms with E-state index in [1.165, 1.54) is 17.3 Å². The third-order valence-corrected chi connectivity index (χ3v) is 5.55. The van der Waals surface area contributed by atoms with E-state index in [1.807, 2.05) is 23.1 Å². The van der Waals surface area contributed by atoms with Gasteiger partial charge >= 0.3 is 0 Å². The number of hydrogen-bond acceptors (Lipinski definition) is 4. The molecule has 2 saturated heterocycles. The first kappa shape index (κ1) is 17.9. The van der Waals surface area contributed by atoms with Crippen LogP contribution >= 0.6 is 12.4 Å². The molecule has 0 radical (unpaired) electrons. The van der Waals surface area contributed by atoms with Gasteiger partial charge in [0.15, 0.2) is 0 Å². The Balaban J connectivity index is 0.00000182. The number of aromatic nitrogens is 2. The topological polar surface area (TPSA) is 67.2 Å². The maximum atomic E-state index is 12.6. The fourth-order valence-electron chi connectivity index (χ4n) is 3.92. The third kappa shape index (κ3) is 3.41. The van der Waals surface area contributed by atoms with E-state index in [-0.39, 0.29) is 30.4 Å². The molecule has 6 nitrogen and oxygen atoms in total. The Morgan fingerprint density at radius 1 is 1.20 bits per heavy atom. The van der Waals surface area contributed by atoms with Gasteiger partial charge in [0.1, 0.15) is 6.54 Å². The number of halogens is 1. The summed E-state index contributed by atoms with van der Waals surface area (Å²) in [7, 11) is 0. The first-order valence-corrected chi connectivity index (χ1v) is 8.60. The van der Waals surface area contributed by atoms with Gasteiger partial charge in [-0.1, -0.05) is 12.1 Å². The minimum absolute atomic E-state index is 0. The average molecular weight is 363 g/mol. The Hall–Kier alpha value is -1.92. The first-order valence-electron chi connectivity index (χ1n) is 8.60. The van der Waals surface area contributed by atoms with Gasteiger partial charge in [0.25, 0.3) is 5.56 Å². The SMILES string of the molecule is Cl.O=C(Cn1cnc2ccccc2c1=O)N1CCC2(CCNC2)CC1. The molecule has 0 unspecified atom stereocenters. The maximum Gasteiger partial charge on any atom is 0.261 e. The molecule has 2 aliphatic heterocycles. The molecule has 134 valence electrons. The molecule has 1 spiro atoms. The number of nitrogens with zero attached hydrogens (tertiary/aromatic N) is 3. The summed E-state index contributed by atoms with van der Waals surface area (Å²) >= 11 is 0. The molecule has 2 fully saturated rings. The highest BCUT2D eigenvalue weighted by Gasteiger charge is 2.37. The Labute approximate surface area is 152 Å². The van der Waals surface area contributed by atoms with E-state index in [1.54, 1.807) is 6.07 Å². The van der Waals surface area contributed by atoms with Crippen LogP contribution in [-0.2, 0) is 11.3 Å². The number of nitrogens with one attached hydrogen (secondary N) is 1. The van der Waals surface area contributed by atoms with Crippen LogP contribution in [-0.4, -0.2) is 46.5 Å². The smallest absolute Gasteiger partial charge is 0.261 e. The number of hydrogen-bond donors (Lipinski definition) is 1. The second kappa shape index (κ2) is 7.14. The number of likely N-dealkylation sites (tertiary alicyclic amines) is 1. The van der Waals surface area contributed by atoms with Crippen LogP contribution in [0.3, 0.4) is 0 Å². The molecule has 2 aromatic rings. The lowest BCUT2D eigenvalue weighted by Gasteiger charge is -2.38. The Morgan fingerprint density at radius 3 is 2.68 bits per heavy atom. The van der Waals surface area contributed by atoms with Crippen molar-refractivity contribution in [2.75, 3.05) is 26.2 Å². The predicted molar refractivity (Wildman–Crippen MR) is 99.0 cm³/mol. The van der Waals surface area contributed by atoms with Gasteiger partial charge in [-0.2, -0.15) is 0 Å². The molecule has 0 saturated carbocycles. The summed E-state index contributed by atoms with van der Waals surface area (Å²) in [4.78, 5) is 31.3. The predicted octanol–water partition coefficient (Wildman–Crippen LogP) is 1.42. The molecule has 1 aromatic carbocycles. The van der Waals surface area contributed by atoms with Crippen LogP contribution in [0.2, 0.25) is 0 Å². The van der Waals surface area contributed by atoms with Crippen molar-refractivity contribution >= 4 is 29.2 Å². The van der Waals surface area contributed by atoms with Gasteiger partial charge in [0.2, 0.25) is 5.91 Å². The number of piperidine rings is 1. The standard InChI is InChI=1S/C18H22N4O2.ClH/c23-16(21-9-6-18(7-10-21)5-8-19-12-18)11-22-13-20-15-4-2-1-3-14(15)17(22)24;/h1-4,13,19H,5-12H2;1H. The zero-order chi connectivity index (χ0) is 16.6. The molecule has 4 rings (SSSR count). The van der Waals surface area contributed by atoms with E-state index in [9.17, 15) is 9.59 Å². The molecule has 25 heavy (non-hydrogen) atoms. The number of benzene rings is 1. The molecule has 7 heteroatoms. The minimum atomic E-state index is -0.151. The van der Waals surface area contributed by atoms with E-state index in [0.29, 0.717) is 16.3 Å². The van der Waals surface area contributed by atoms with Crippen molar-refractivity contribution in [2.45, 2.75) is 25.8 Å². The minimum Gasteiger partial charge on any atom is -0.341 e. The molecule has 1 N–H and O–H groups in total. The molecule has 0 atom stereocenters. The quantitative estimate of drug-likeness (QED) is 0.877. The van der Waals surface area contributed by atoms with Crippen LogP contribution in [0.25, 0.3) is 10.9 Å². The summed E-state index contributed by atoms with van der Waals surface area (Å²) in [5, 5.41) is 3.99. The highest BCUT2D eigenvalue weighted by atomic mass is 35.5. The average Bonchev–Trinajstić information content (AvgIpc) is 3.06. The molecule has 1 amide bonds. The Morgan fingerprint density at radius 2 is 1.96 bits per heavy atom. The number of amides is 1. The Bertz CT molecular complexity index is 819. The van der Waals surface area contributed by atoms with Gasteiger partial charge in [-0.15, -0.1) is 12.4 Å². The molecule has 0 aliphatic carbocycles. The molecular weight excluding hydrogens is 340 g/mol. The van der Waals surface area contributed by atoms with Crippen molar-refractivity contribution < 1.29 is 4.79 Å². The van der Waals surface area contributed by atoms with Crippen LogP contribution in [0.1, 0.15) is 19.3 Å². The van der Waals surface area contributed by atoms with Crippen LogP contribution in [0.4, 0.5) is 0 Å². The van der Waals surface area contributed by atoms with E-state index < -0.39 is 0 Å². The van der Waals surface area contributed by atoms with Crippen LogP contribution < -0.4 is 10.9 Å². The van der Waals surface area contributed by atoms with Gasteiger partial charge in [-0.25, -0.2) is 4.98 Å². The first-order chi connectivity index (χ1) is 11.7. The van der Waals surface area contributed by atoms with Crippen molar-refractivity contribution in [3.63, 3.8) is 0 Å². The number of carbonyl (C=O) groups excluding carboxylic acids is 1. The molecule has 0 bridgehead atoms. The Kier molecular flexibility index (Phi) is 5.11. The summed E-state index contributed by atoms with van der Waals surface area (Å²) in [6.07, 6.45) is 4.80. The molecular formula is C18H23ClN4O2. The van der Waals surface area contributed by atoms with Crippen molar-refractivity contribution in [1.82, 2.24) is 19.8 Å². The maximum absolute atomic E-state index is 12.6. The largest absolute Gasteiger partial charge is 0.341 e. The second-order valence-corrected chi connectivity index (χ2v) is 7.00. The monoisotopic (exact) mass is 362 g/mol. The zero-order valence-corrected chi connectivity index (χ0v) is 14.9. The van der Waals surface area contributed by atoms with Crippen molar-refractivity contribution in [3.8, 4) is 0 Å². The van der Waals surface area contributed by atoms with Gasteiger partial charge in [-0.3, -0.25) is 14.2 Å². The van der Waals surface area contributed by atoms with Gasteiger partial charge in [-0.05, 0) is 43.4 Å². The van der Waals surface area contributed by atoms with Crippen molar-refractivity contribution in [1.29, 1.82) is 0 Å². The summed E-state index contributed by atoms with van der Waals surface area (Å²) < 4.78 is 1.42. The summed E-state index contributed by atoms with van der Waals surface area (Å²) in [5.74, 6) is 0.00925. The lowest BCUT2D eigenvalue weighted by atomic mass is 9.78. The number of para-hydroxylation sites is 1. The van der Waals surface area contributed by atoms with E-state index in [4.69, 9.17) is 0 Å². The summed E-state index contributed by atoms with van der Waals surface area (Å²) in [6.45, 7) is 3.81. The molecule has 3 heterocycles. The second-order valence-electron chi connectivity index (χ2n) is 7.00. The number of rotatable bonds is 2. The zero-order valence-electron chi connectivity index (χ0n) is 14.1. The third-order valence-electron chi connectivity index (χ3n) is 5.55. The molecule has 1 aromatic heterocycles. The van der Waals surface area contributed by atoms with Gasteiger partial charge in [0.05, 0.1) is 17.2 Å². The van der Waals surface area contributed by atoms with Crippen molar-refractivity contribution in [3.05, 3.63) is 40.9 Å². The highest BCUT2D eigenvalue weighted by Crippen LogP contribution is 2.36. The summed E-state index contributed by atoms with van der Waals surface area (Å²) in [6, 6.07) is 7.23. The summed E-state index contributed by atoms with van der Waals surface area (Å²) in [5.41, 5.74) is 0.903. The van der Waals surface area contributed by atoms with E-state index in [0.717, 1.165) is 39.0 Å².